The quantitative estimate of drug-likeness (QED) is 0.429. The van der Waals surface area contributed by atoms with E-state index in [0.717, 1.165) is 57.1 Å². The SMILES string of the molecule is Cc1nc(Nc2ncc(C(=O)Nc3c(C)cccc3Cl)s2)cc(N2CCN(CCCN)CC2)n1. The molecule has 1 fully saturated rings. The number of hydrogen-bond acceptors (Lipinski definition) is 9. The molecule has 0 aliphatic carbocycles. The van der Waals surface area contributed by atoms with E-state index in [2.05, 4.69) is 35.4 Å². The predicted molar refractivity (Wildman–Crippen MR) is 139 cm³/mol. The maximum atomic E-state index is 12.7. The highest BCUT2D eigenvalue weighted by Crippen LogP contribution is 2.28. The van der Waals surface area contributed by atoms with Crippen LogP contribution >= 0.6 is 22.9 Å². The molecule has 0 saturated carbocycles. The molecule has 4 rings (SSSR count). The number of carbonyl (C=O) groups is 1. The summed E-state index contributed by atoms with van der Waals surface area (Å²) >= 11 is 7.49. The van der Waals surface area contributed by atoms with Crippen LogP contribution in [0.4, 0.5) is 22.5 Å². The Morgan fingerprint density at radius 3 is 2.74 bits per heavy atom. The minimum Gasteiger partial charge on any atom is -0.354 e. The molecule has 1 aliphatic heterocycles. The van der Waals surface area contributed by atoms with Crippen molar-refractivity contribution >= 4 is 51.3 Å². The lowest BCUT2D eigenvalue weighted by molar-refractivity contribution is 0.103. The highest BCUT2D eigenvalue weighted by molar-refractivity contribution is 7.17. The number of anilines is 4. The molecule has 34 heavy (non-hydrogen) atoms. The van der Waals surface area contributed by atoms with Gasteiger partial charge in [0.05, 0.1) is 16.9 Å². The summed E-state index contributed by atoms with van der Waals surface area (Å²) in [5, 5.41) is 7.18. The summed E-state index contributed by atoms with van der Waals surface area (Å²) in [7, 11) is 0. The van der Waals surface area contributed by atoms with Gasteiger partial charge in [-0.1, -0.05) is 35.1 Å². The van der Waals surface area contributed by atoms with Crippen molar-refractivity contribution in [3.8, 4) is 0 Å². The van der Waals surface area contributed by atoms with E-state index in [1.165, 1.54) is 11.3 Å². The van der Waals surface area contributed by atoms with Crippen molar-refractivity contribution in [2.45, 2.75) is 20.3 Å². The van der Waals surface area contributed by atoms with Crippen molar-refractivity contribution in [1.29, 1.82) is 0 Å². The Balaban J connectivity index is 1.41. The third kappa shape index (κ3) is 6.01. The molecule has 3 aromatic rings. The fourth-order valence-corrected chi connectivity index (χ4v) is 4.79. The average molecular weight is 501 g/mol. The molecule has 0 spiro atoms. The smallest absolute Gasteiger partial charge is 0.267 e. The van der Waals surface area contributed by atoms with Gasteiger partial charge in [0.25, 0.3) is 5.91 Å². The summed E-state index contributed by atoms with van der Waals surface area (Å²) in [6.45, 7) is 9.32. The van der Waals surface area contributed by atoms with E-state index in [4.69, 9.17) is 17.3 Å². The number of rotatable bonds is 8. The van der Waals surface area contributed by atoms with E-state index < -0.39 is 0 Å². The number of nitrogens with one attached hydrogen (secondary N) is 2. The van der Waals surface area contributed by atoms with Crippen LogP contribution in [0.25, 0.3) is 0 Å². The van der Waals surface area contributed by atoms with Crippen molar-refractivity contribution in [1.82, 2.24) is 19.9 Å². The second-order valence-electron chi connectivity index (χ2n) is 8.17. The van der Waals surface area contributed by atoms with Gasteiger partial charge in [0.1, 0.15) is 22.3 Å². The molecule has 1 saturated heterocycles. The number of aromatic nitrogens is 3. The predicted octanol–water partition coefficient (Wildman–Crippen LogP) is 3.67. The largest absolute Gasteiger partial charge is 0.354 e. The van der Waals surface area contributed by atoms with Gasteiger partial charge >= 0.3 is 0 Å². The number of nitrogens with zero attached hydrogens (tertiary/aromatic N) is 5. The van der Waals surface area contributed by atoms with Crippen molar-refractivity contribution in [3.63, 3.8) is 0 Å². The first-order chi connectivity index (χ1) is 16.4. The molecule has 1 amide bonds. The molecule has 3 heterocycles. The summed E-state index contributed by atoms with van der Waals surface area (Å²) in [6.07, 6.45) is 2.57. The second-order valence-corrected chi connectivity index (χ2v) is 9.61. The number of halogens is 1. The van der Waals surface area contributed by atoms with Crippen LogP contribution in [-0.2, 0) is 0 Å². The summed E-state index contributed by atoms with van der Waals surface area (Å²) in [5.74, 6) is 1.96. The minimum absolute atomic E-state index is 0.256. The lowest BCUT2D eigenvalue weighted by atomic mass is 10.2. The first kappa shape index (κ1) is 24.3. The normalized spacial score (nSPS) is 14.3. The number of amides is 1. The molecule has 1 aliphatic rings. The van der Waals surface area contributed by atoms with E-state index in [-0.39, 0.29) is 5.91 Å². The number of aryl methyl sites for hydroxylation is 2. The zero-order valence-electron chi connectivity index (χ0n) is 19.3. The second kappa shape index (κ2) is 11.1. The van der Waals surface area contributed by atoms with E-state index in [1.807, 2.05) is 32.0 Å². The molecule has 1 aromatic carbocycles. The fourth-order valence-electron chi connectivity index (χ4n) is 3.81. The first-order valence-corrected chi connectivity index (χ1v) is 12.4. The molecular weight excluding hydrogens is 472 g/mol. The van der Waals surface area contributed by atoms with Crippen LogP contribution in [-0.4, -0.2) is 65.0 Å². The molecule has 0 bridgehead atoms. The van der Waals surface area contributed by atoms with Gasteiger partial charge in [-0.2, -0.15) is 0 Å². The molecule has 9 nitrogen and oxygen atoms in total. The van der Waals surface area contributed by atoms with Gasteiger partial charge in [-0.15, -0.1) is 0 Å². The number of benzene rings is 1. The Morgan fingerprint density at radius 1 is 1.21 bits per heavy atom. The van der Waals surface area contributed by atoms with E-state index in [9.17, 15) is 4.79 Å². The van der Waals surface area contributed by atoms with Gasteiger partial charge in [-0.25, -0.2) is 15.0 Å². The van der Waals surface area contributed by atoms with Crippen LogP contribution in [0.15, 0.2) is 30.5 Å². The number of nitrogens with two attached hydrogens (primary N) is 1. The molecule has 0 atom stereocenters. The summed E-state index contributed by atoms with van der Waals surface area (Å²) < 4.78 is 0. The first-order valence-electron chi connectivity index (χ1n) is 11.3. The molecule has 0 radical (unpaired) electrons. The highest BCUT2D eigenvalue weighted by atomic mass is 35.5. The summed E-state index contributed by atoms with van der Waals surface area (Å²) in [5.41, 5.74) is 7.14. The molecular formula is C23H29ClN8OS. The standard InChI is InChI=1S/C23H29ClN8OS/c1-15-5-3-6-17(24)21(15)30-22(33)18-14-26-23(34-18)29-19-13-20(28-16(2)27-19)32-11-9-31(10-12-32)8-4-7-25/h3,5-6,13-14H,4,7-12,25H2,1-2H3,(H,30,33)(H,26,27,28,29). The van der Waals surface area contributed by atoms with Crippen LogP contribution in [0, 0.1) is 13.8 Å². The number of carbonyl (C=O) groups excluding carboxylic acids is 1. The third-order valence-corrected chi connectivity index (χ3v) is 6.85. The van der Waals surface area contributed by atoms with Gasteiger partial charge in [-0.05, 0) is 45.0 Å². The van der Waals surface area contributed by atoms with E-state index >= 15 is 0 Å². The fraction of sp³-hybridized carbons (Fsp3) is 0.391. The molecule has 4 N–H and O–H groups in total. The lowest BCUT2D eigenvalue weighted by Gasteiger charge is -2.35. The Hall–Kier alpha value is -2.79. The van der Waals surface area contributed by atoms with Crippen LogP contribution in [0.1, 0.15) is 27.5 Å². The summed E-state index contributed by atoms with van der Waals surface area (Å²) in [4.78, 5) is 31.4. The van der Waals surface area contributed by atoms with Gasteiger partial charge < -0.3 is 21.3 Å². The number of hydrogen-bond donors (Lipinski definition) is 3. The van der Waals surface area contributed by atoms with Crippen molar-refractivity contribution in [2.24, 2.45) is 5.73 Å². The molecule has 2 aromatic heterocycles. The number of para-hydroxylation sites is 1. The molecule has 11 heteroatoms. The topological polar surface area (TPSA) is 112 Å². The Kier molecular flexibility index (Phi) is 7.94. The van der Waals surface area contributed by atoms with Crippen LogP contribution < -0.4 is 21.3 Å². The van der Waals surface area contributed by atoms with Crippen molar-refractivity contribution in [2.75, 3.05) is 54.8 Å². The maximum absolute atomic E-state index is 12.7. The maximum Gasteiger partial charge on any atom is 0.267 e. The number of thiazole rings is 1. The lowest BCUT2D eigenvalue weighted by Crippen LogP contribution is -2.47. The monoisotopic (exact) mass is 500 g/mol. The van der Waals surface area contributed by atoms with Gasteiger partial charge in [0, 0.05) is 32.2 Å². The molecule has 180 valence electrons. The van der Waals surface area contributed by atoms with E-state index in [0.29, 0.717) is 32.4 Å². The van der Waals surface area contributed by atoms with Crippen LogP contribution in [0.5, 0.6) is 0 Å². The van der Waals surface area contributed by atoms with Gasteiger partial charge in [0.2, 0.25) is 0 Å². The minimum atomic E-state index is -0.256. The Morgan fingerprint density at radius 2 is 2.00 bits per heavy atom. The molecule has 0 unspecified atom stereocenters. The zero-order chi connectivity index (χ0) is 24.1. The third-order valence-electron chi connectivity index (χ3n) is 5.62. The summed E-state index contributed by atoms with van der Waals surface area (Å²) in [6, 6.07) is 7.42. The Labute approximate surface area is 208 Å². The van der Waals surface area contributed by atoms with Crippen LogP contribution in [0.3, 0.4) is 0 Å². The van der Waals surface area contributed by atoms with Gasteiger partial charge in [0.15, 0.2) is 5.13 Å². The van der Waals surface area contributed by atoms with E-state index in [1.54, 1.807) is 12.3 Å². The van der Waals surface area contributed by atoms with Crippen molar-refractivity contribution < 1.29 is 4.79 Å². The Bertz CT molecular complexity index is 1130. The average Bonchev–Trinajstić information content (AvgIpc) is 3.28. The number of piperazine rings is 1. The highest BCUT2D eigenvalue weighted by Gasteiger charge is 2.19. The van der Waals surface area contributed by atoms with Crippen molar-refractivity contribution in [3.05, 3.63) is 51.7 Å². The van der Waals surface area contributed by atoms with Gasteiger partial charge in [-0.3, -0.25) is 9.69 Å². The zero-order valence-corrected chi connectivity index (χ0v) is 20.9. The van der Waals surface area contributed by atoms with Crippen LogP contribution in [0.2, 0.25) is 5.02 Å².